The molecular weight excluding hydrogens is 373 g/mol. The summed E-state index contributed by atoms with van der Waals surface area (Å²) in [5.74, 6) is -0.659. The number of para-hydroxylation sites is 1. The van der Waals surface area contributed by atoms with Crippen LogP contribution in [0.3, 0.4) is 0 Å². The number of ether oxygens (including phenoxy) is 1. The summed E-state index contributed by atoms with van der Waals surface area (Å²) in [6, 6.07) is 4.60. The van der Waals surface area contributed by atoms with Gasteiger partial charge in [-0.25, -0.2) is 0 Å². The highest BCUT2D eigenvalue weighted by Crippen LogP contribution is 2.36. The topological polar surface area (TPSA) is 68.2 Å². The predicted octanol–water partition coefficient (Wildman–Crippen LogP) is 2.33. The van der Waals surface area contributed by atoms with Crippen LogP contribution in [0, 0.1) is 5.92 Å². The fourth-order valence-electron chi connectivity index (χ4n) is 3.37. The number of halogens is 3. The van der Waals surface area contributed by atoms with Crippen molar-refractivity contribution in [2.75, 3.05) is 19.7 Å². The van der Waals surface area contributed by atoms with Crippen LogP contribution in [-0.2, 0) is 18.0 Å². The van der Waals surface area contributed by atoms with E-state index in [2.05, 4.69) is 15.7 Å². The van der Waals surface area contributed by atoms with E-state index in [0.29, 0.717) is 13.1 Å². The zero-order chi connectivity index (χ0) is 20.3. The summed E-state index contributed by atoms with van der Waals surface area (Å²) in [5.41, 5.74) is 0.154. The van der Waals surface area contributed by atoms with Gasteiger partial charge in [-0.2, -0.15) is 18.3 Å². The summed E-state index contributed by atoms with van der Waals surface area (Å²) in [6.07, 6.45) is -0.855. The monoisotopic (exact) mass is 396 g/mol. The molecule has 1 amide bonds. The van der Waals surface area contributed by atoms with Gasteiger partial charge in [0.05, 0.1) is 23.7 Å². The lowest BCUT2D eigenvalue weighted by atomic mass is 9.90. The Balaban J connectivity index is 1.58. The van der Waals surface area contributed by atoms with Gasteiger partial charge in [0.25, 0.3) is 0 Å². The van der Waals surface area contributed by atoms with Gasteiger partial charge < -0.3 is 15.4 Å². The number of aryl methyl sites for hydroxylation is 1. The smallest absolute Gasteiger partial charge is 0.419 e. The summed E-state index contributed by atoms with van der Waals surface area (Å²) in [4.78, 5) is 12.7. The number of hydrogen-bond acceptors (Lipinski definition) is 4. The van der Waals surface area contributed by atoms with Crippen LogP contribution in [0.4, 0.5) is 13.2 Å². The molecule has 3 atom stereocenters. The van der Waals surface area contributed by atoms with E-state index in [4.69, 9.17) is 4.74 Å². The van der Waals surface area contributed by atoms with Gasteiger partial charge in [0, 0.05) is 32.3 Å². The predicted molar refractivity (Wildman–Crippen MR) is 96.9 cm³/mol. The SMILES string of the molecule is CC(COc1ccccc1C(F)(F)F)NC(=O)[C@H]1CNC[C@@H]1c1cnn(C)c1. The van der Waals surface area contributed by atoms with E-state index >= 15 is 0 Å². The van der Waals surface area contributed by atoms with Crippen molar-refractivity contribution in [3.05, 3.63) is 47.8 Å². The third kappa shape index (κ3) is 4.64. The Kier molecular flexibility index (Phi) is 5.93. The summed E-state index contributed by atoms with van der Waals surface area (Å²) in [6.45, 7) is 2.86. The first-order valence-corrected chi connectivity index (χ1v) is 9.04. The van der Waals surface area contributed by atoms with Gasteiger partial charge in [0.1, 0.15) is 12.4 Å². The molecule has 0 aliphatic carbocycles. The van der Waals surface area contributed by atoms with Crippen molar-refractivity contribution in [3.8, 4) is 5.75 Å². The molecule has 0 saturated carbocycles. The van der Waals surface area contributed by atoms with Crippen molar-refractivity contribution >= 4 is 5.91 Å². The van der Waals surface area contributed by atoms with E-state index in [9.17, 15) is 18.0 Å². The largest absolute Gasteiger partial charge is 0.491 e. The molecule has 0 radical (unpaired) electrons. The maximum atomic E-state index is 13.0. The Labute approximate surface area is 161 Å². The highest BCUT2D eigenvalue weighted by molar-refractivity contribution is 5.80. The molecule has 0 bridgehead atoms. The fraction of sp³-hybridized carbons (Fsp3) is 0.474. The number of nitrogens with zero attached hydrogens (tertiary/aromatic N) is 2. The van der Waals surface area contributed by atoms with Crippen LogP contribution < -0.4 is 15.4 Å². The third-order valence-corrected chi connectivity index (χ3v) is 4.77. The molecule has 1 aromatic carbocycles. The van der Waals surface area contributed by atoms with Crippen molar-refractivity contribution in [1.82, 2.24) is 20.4 Å². The molecule has 1 unspecified atom stereocenters. The molecule has 28 heavy (non-hydrogen) atoms. The minimum absolute atomic E-state index is 0.00720. The Bertz CT molecular complexity index is 822. The van der Waals surface area contributed by atoms with Crippen LogP contribution in [0.1, 0.15) is 24.0 Å². The second-order valence-corrected chi connectivity index (χ2v) is 7.03. The molecule has 2 heterocycles. The van der Waals surface area contributed by atoms with Gasteiger partial charge in [-0.15, -0.1) is 0 Å². The number of alkyl halides is 3. The highest BCUT2D eigenvalue weighted by atomic mass is 19.4. The van der Waals surface area contributed by atoms with Crippen LogP contribution >= 0.6 is 0 Å². The van der Waals surface area contributed by atoms with Crippen molar-refractivity contribution in [3.63, 3.8) is 0 Å². The second-order valence-electron chi connectivity index (χ2n) is 7.03. The number of carbonyl (C=O) groups excluding carboxylic acids is 1. The van der Waals surface area contributed by atoms with Gasteiger partial charge in [-0.1, -0.05) is 12.1 Å². The zero-order valence-electron chi connectivity index (χ0n) is 15.7. The van der Waals surface area contributed by atoms with Crippen LogP contribution in [0.5, 0.6) is 5.75 Å². The van der Waals surface area contributed by atoms with Crippen LogP contribution in [0.15, 0.2) is 36.7 Å². The van der Waals surface area contributed by atoms with E-state index in [0.717, 1.165) is 11.6 Å². The van der Waals surface area contributed by atoms with Crippen molar-refractivity contribution in [1.29, 1.82) is 0 Å². The standard InChI is InChI=1S/C19H23F3N4O2/c1-12(11-28-17-6-4-3-5-16(17)19(20,21)22)25-18(27)15-9-23-8-14(15)13-7-24-26(2)10-13/h3-7,10,12,14-15,23H,8-9,11H2,1-2H3,(H,25,27)/t12?,14-,15+/m1/s1. The normalized spacial score (nSPS) is 20.8. The summed E-state index contributed by atoms with van der Waals surface area (Å²) >= 11 is 0. The number of benzene rings is 1. The summed E-state index contributed by atoms with van der Waals surface area (Å²) in [7, 11) is 1.82. The minimum atomic E-state index is -4.49. The van der Waals surface area contributed by atoms with E-state index in [-0.39, 0.29) is 30.1 Å². The zero-order valence-corrected chi connectivity index (χ0v) is 15.7. The second kappa shape index (κ2) is 8.22. The molecule has 3 rings (SSSR count). The van der Waals surface area contributed by atoms with Crippen molar-refractivity contribution in [2.45, 2.75) is 25.1 Å². The van der Waals surface area contributed by atoms with Gasteiger partial charge in [0.2, 0.25) is 5.91 Å². The molecule has 1 saturated heterocycles. The highest BCUT2D eigenvalue weighted by Gasteiger charge is 2.36. The van der Waals surface area contributed by atoms with Gasteiger partial charge in [-0.3, -0.25) is 9.48 Å². The van der Waals surface area contributed by atoms with E-state index in [1.54, 1.807) is 17.8 Å². The number of rotatable bonds is 6. The first kappa shape index (κ1) is 20.2. The number of hydrogen-bond donors (Lipinski definition) is 2. The summed E-state index contributed by atoms with van der Waals surface area (Å²) < 4.78 is 46.1. The maximum Gasteiger partial charge on any atom is 0.419 e. The van der Waals surface area contributed by atoms with Crippen LogP contribution in [-0.4, -0.2) is 41.4 Å². The molecule has 6 nitrogen and oxygen atoms in total. The van der Waals surface area contributed by atoms with Crippen LogP contribution in [0.25, 0.3) is 0 Å². The Hall–Kier alpha value is -2.55. The Morgan fingerprint density at radius 1 is 1.39 bits per heavy atom. The van der Waals surface area contributed by atoms with E-state index < -0.39 is 17.8 Å². The lowest BCUT2D eigenvalue weighted by molar-refractivity contribution is -0.139. The van der Waals surface area contributed by atoms with Crippen molar-refractivity contribution in [2.24, 2.45) is 13.0 Å². The molecular formula is C19H23F3N4O2. The van der Waals surface area contributed by atoms with Gasteiger partial charge in [0.15, 0.2) is 0 Å². The van der Waals surface area contributed by atoms with Gasteiger partial charge in [-0.05, 0) is 24.6 Å². The molecule has 152 valence electrons. The molecule has 9 heteroatoms. The molecule has 1 fully saturated rings. The molecule has 1 aromatic heterocycles. The molecule has 0 spiro atoms. The quantitative estimate of drug-likeness (QED) is 0.787. The number of aromatic nitrogens is 2. The molecule has 1 aliphatic rings. The maximum absolute atomic E-state index is 13.0. The minimum Gasteiger partial charge on any atom is -0.491 e. The fourth-order valence-corrected chi connectivity index (χ4v) is 3.37. The molecule has 2 N–H and O–H groups in total. The number of carbonyl (C=O) groups is 1. The Morgan fingerprint density at radius 2 is 2.14 bits per heavy atom. The third-order valence-electron chi connectivity index (χ3n) is 4.77. The number of nitrogens with one attached hydrogen (secondary N) is 2. The average molecular weight is 396 g/mol. The number of amides is 1. The summed E-state index contributed by atoms with van der Waals surface area (Å²) in [5, 5.41) is 10.2. The van der Waals surface area contributed by atoms with E-state index in [1.807, 2.05) is 13.2 Å². The lowest BCUT2D eigenvalue weighted by Crippen LogP contribution is -2.42. The van der Waals surface area contributed by atoms with E-state index in [1.165, 1.54) is 18.2 Å². The molecule has 1 aliphatic heterocycles. The van der Waals surface area contributed by atoms with Crippen molar-refractivity contribution < 1.29 is 22.7 Å². The first-order valence-electron chi connectivity index (χ1n) is 9.04. The molecule has 2 aromatic rings. The lowest BCUT2D eigenvalue weighted by Gasteiger charge is -2.21. The Morgan fingerprint density at radius 3 is 2.82 bits per heavy atom. The first-order chi connectivity index (χ1) is 13.3. The van der Waals surface area contributed by atoms with Crippen LogP contribution in [0.2, 0.25) is 0 Å². The average Bonchev–Trinajstić information content (AvgIpc) is 3.28. The van der Waals surface area contributed by atoms with Gasteiger partial charge >= 0.3 is 6.18 Å².